The molecule has 0 fully saturated rings. The fraction of sp³-hybridized carbons (Fsp3) is 0.421. The minimum Gasteiger partial charge on any atom is -0.492 e. The van der Waals surface area contributed by atoms with Gasteiger partial charge in [0.05, 0.1) is 24.3 Å². The summed E-state index contributed by atoms with van der Waals surface area (Å²) in [6.07, 6.45) is 5.14. The predicted octanol–water partition coefficient (Wildman–Crippen LogP) is 4.50. The number of rotatable bonds is 6. The smallest absolute Gasteiger partial charge is 0.337 e. The fourth-order valence-electron chi connectivity index (χ4n) is 2.75. The highest BCUT2D eigenvalue weighted by Crippen LogP contribution is 2.27. The van der Waals surface area contributed by atoms with Crippen molar-refractivity contribution in [2.75, 3.05) is 20.3 Å². The molecular formula is C19H24ClNO3. The molecule has 0 bridgehead atoms. The second-order valence-corrected chi connectivity index (χ2v) is 6.20. The number of benzene rings is 1. The third-order valence-corrected chi connectivity index (χ3v) is 4.41. The van der Waals surface area contributed by atoms with Gasteiger partial charge < -0.3 is 14.8 Å². The van der Waals surface area contributed by atoms with E-state index in [4.69, 9.17) is 21.1 Å². The molecule has 0 saturated heterocycles. The van der Waals surface area contributed by atoms with Gasteiger partial charge in [-0.15, -0.1) is 0 Å². The minimum atomic E-state index is -0.400. The zero-order valence-corrected chi connectivity index (χ0v) is 15.2. The summed E-state index contributed by atoms with van der Waals surface area (Å²) < 4.78 is 10.5. The fourth-order valence-corrected chi connectivity index (χ4v) is 2.92. The summed E-state index contributed by atoms with van der Waals surface area (Å²) in [5.41, 5.74) is 4.36. The molecule has 1 aromatic carbocycles. The van der Waals surface area contributed by atoms with Gasteiger partial charge in [0.2, 0.25) is 0 Å². The normalized spacial score (nSPS) is 14.6. The number of carbonyl (C=O) groups is 1. The van der Waals surface area contributed by atoms with Crippen molar-refractivity contribution in [3.05, 3.63) is 51.7 Å². The van der Waals surface area contributed by atoms with Crippen LogP contribution in [0.3, 0.4) is 0 Å². The van der Waals surface area contributed by atoms with Gasteiger partial charge in [-0.2, -0.15) is 0 Å². The van der Waals surface area contributed by atoms with E-state index in [9.17, 15) is 4.79 Å². The molecule has 0 spiro atoms. The first kappa shape index (κ1) is 18.4. The SMILES string of the molecule is COC(=O)c1ccc(Cl)c(OCCCC2=C(C)NCCC=C2C)c1. The van der Waals surface area contributed by atoms with Crippen LogP contribution in [0.15, 0.2) is 41.1 Å². The zero-order chi connectivity index (χ0) is 17.5. The van der Waals surface area contributed by atoms with E-state index in [1.54, 1.807) is 18.2 Å². The molecule has 1 N–H and O–H groups in total. The molecular weight excluding hydrogens is 326 g/mol. The number of ether oxygens (including phenoxy) is 2. The van der Waals surface area contributed by atoms with Gasteiger partial charge in [-0.1, -0.05) is 23.3 Å². The average Bonchev–Trinajstić information content (AvgIpc) is 2.73. The number of hydrogen-bond donors (Lipinski definition) is 1. The molecule has 4 nitrogen and oxygen atoms in total. The number of methoxy groups -OCH3 is 1. The lowest BCUT2D eigenvalue weighted by atomic mass is 10.0. The van der Waals surface area contributed by atoms with Crippen LogP contribution >= 0.6 is 11.6 Å². The molecule has 1 aliphatic heterocycles. The van der Waals surface area contributed by atoms with E-state index in [0.717, 1.165) is 25.8 Å². The first-order valence-electron chi connectivity index (χ1n) is 8.14. The van der Waals surface area contributed by atoms with Gasteiger partial charge in [0.1, 0.15) is 5.75 Å². The molecule has 24 heavy (non-hydrogen) atoms. The van der Waals surface area contributed by atoms with E-state index in [1.165, 1.54) is 24.0 Å². The van der Waals surface area contributed by atoms with Crippen molar-refractivity contribution in [3.8, 4) is 5.75 Å². The van der Waals surface area contributed by atoms with E-state index >= 15 is 0 Å². The molecule has 0 aliphatic carbocycles. The number of allylic oxidation sites excluding steroid dienone is 3. The molecule has 0 aromatic heterocycles. The van der Waals surface area contributed by atoms with Gasteiger partial charge in [-0.05, 0) is 56.9 Å². The summed E-state index contributed by atoms with van der Waals surface area (Å²) in [5.74, 6) is 0.110. The Balaban J connectivity index is 1.93. The Morgan fingerprint density at radius 1 is 1.33 bits per heavy atom. The van der Waals surface area contributed by atoms with Crippen LogP contribution in [0.25, 0.3) is 0 Å². The molecule has 0 radical (unpaired) electrons. The monoisotopic (exact) mass is 349 g/mol. The minimum absolute atomic E-state index is 0.400. The van der Waals surface area contributed by atoms with Crippen LogP contribution in [-0.2, 0) is 4.74 Å². The molecule has 2 rings (SSSR count). The van der Waals surface area contributed by atoms with Crippen LogP contribution in [0.1, 0.15) is 43.5 Å². The van der Waals surface area contributed by atoms with E-state index in [1.807, 2.05) is 0 Å². The molecule has 0 saturated carbocycles. The van der Waals surface area contributed by atoms with Crippen LogP contribution in [-0.4, -0.2) is 26.2 Å². The quantitative estimate of drug-likeness (QED) is 0.606. The third kappa shape index (κ3) is 4.78. The Kier molecular flexibility index (Phi) is 6.73. The number of esters is 1. The van der Waals surface area contributed by atoms with Crippen LogP contribution in [0.2, 0.25) is 5.02 Å². The maximum Gasteiger partial charge on any atom is 0.337 e. The predicted molar refractivity (Wildman–Crippen MR) is 96.6 cm³/mol. The standard InChI is InChI=1S/C19H24ClNO3/c1-13-6-4-10-21-14(2)16(13)7-5-11-24-18-12-15(19(22)23-3)8-9-17(18)20/h6,8-9,12,21H,4-5,7,10-11H2,1-3H3. The molecule has 5 heteroatoms. The topological polar surface area (TPSA) is 47.6 Å². The molecule has 0 atom stereocenters. The van der Waals surface area contributed by atoms with Gasteiger partial charge in [0.15, 0.2) is 0 Å². The van der Waals surface area contributed by atoms with Crippen molar-refractivity contribution >= 4 is 17.6 Å². The molecule has 1 aromatic rings. The Hall–Kier alpha value is -1.94. The highest BCUT2D eigenvalue weighted by molar-refractivity contribution is 6.32. The number of nitrogens with one attached hydrogen (secondary N) is 1. The number of hydrogen-bond acceptors (Lipinski definition) is 4. The van der Waals surface area contributed by atoms with Crippen molar-refractivity contribution in [1.29, 1.82) is 0 Å². The van der Waals surface area contributed by atoms with Gasteiger partial charge >= 0.3 is 5.97 Å². The summed E-state index contributed by atoms with van der Waals surface area (Å²) in [5, 5.41) is 3.92. The first-order valence-corrected chi connectivity index (χ1v) is 8.52. The van der Waals surface area contributed by atoms with E-state index in [0.29, 0.717) is 22.9 Å². The highest BCUT2D eigenvalue weighted by atomic mass is 35.5. The van der Waals surface area contributed by atoms with Crippen molar-refractivity contribution < 1.29 is 14.3 Å². The largest absolute Gasteiger partial charge is 0.492 e. The molecule has 1 heterocycles. The summed E-state index contributed by atoms with van der Waals surface area (Å²) in [7, 11) is 1.35. The van der Waals surface area contributed by atoms with Crippen molar-refractivity contribution in [2.45, 2.75) is 33.1 Å². The lowest BCUT2D eigenvalue weighted by Gasteiger charge is -2.13. The average molecular weight is 350 g/mol. The molecule has 1 aliphatic rings. The molecule has 0 unspecified atom stereocenters. The van der Waals surface area contributed by atoms with E-state index < -0.39 is 5.97 Å². The van der Waals surface area contributed by atoms with Crippen molar-refractivity contribution in [1.82, 2.24) is 5.32 Å². The Morgan fingerprint density at radius 2 is 2.12 bits per heavy atom. The van der Waals surface area contributed by atoms with Crippen LogP contribution < -0.4 is 10.1 Å². The van der Waals surface area contributed by atoms with Crippen molar-refractivity contribution in [2.24, 2.45) is 0 Å². The van der Waals surface area contributed by atoms with Gasteiger partial charge in [-0.3, -0.25) is 0 Å². The summed E-state index contributed by atoms with van der Waals surface area (Å²) in [6, 6.07) is 4.90. The summed E-state index contributed by atoms with van der Waals surface area (Å²) >= 11 is 6.13. The summed E-state index contributed by atoms with van der Waals surface area (Å²) in [4.78, 5) is 11.6. The molecule has 0 amide bonds. The van der Waals surface area contributed by atoms with Gasteiger partial charge in [0, 0.05) is 12.2 Å². The second kappa shape index (κ2) is 8.78. The van der Waals surface area contributed by atoms with Crippen LogP contribution in [0.5, 0.6) is 5.75 Å². The number of carbonyl (C=O) groups excluding carboxylic acids is 1. The first-order chi connectivity index (χ1) is 11.5. The zero-order valence-electron chi connectivity index (χ0n) is 14.4. The van der Waals surface area contributed by atoms with Gasteiger partial charge in [-0.25, -0.2) is 4.79 Å². The van der Waals surface area contributed by atoms with Gasteiger partial charge in [0.25, 0.3) is 0 Å². The highest BCUT2D eigenvalue weighted by Gasteiger charge is 2.11. The molecule has 130 valence electrons. The Morgan fingerprint density at radius 3 is 2.88 bits per heavy atom. The van der Waals surface area contributed by atoms with E-state index in [-0.39, 0.29) is 0 Å². The number of halogens is 1. The Bertz CT molecular complexity index is 665. The maximum absolute atomic E-state index is 11.6. The lowest BCUT2D eigenvalue weighted by molar-refractivity contribution is 0.0600. The van der Waals surface area contributed by atoms with Crippen LogP contribution in [0.4, 0.5) is 0 Å². The Labute approximate surface area is 148 Å². The lowest BCUT2D eigenvalue weighted by Crippen LogP contribution is -2.12. The third-order valence-electron chi connectivity index (χ3n) is 4.09. The maximum atomic E-state index is 11.6. The van der Waals surface area contributed by atoms with Crippen molar-refractivity contribution in [3.63, 3.8) is 0 Å². The van der Waals surface area contributed by atoms with Crippen LogP contribution in [0, 0.1) is 0 Å². The second-order valence-electron chi connectivity index (χ2n) is 5.79. The van der Waals surface area contributed by atoms with E-state index in [2.05, 4.69) is 25.2 Å². The summed E-state index contributed by atoms with van der Waals surface area (Å²) in [6.45, 7) is 5.80.